The molecule has 0 saturated carbocycles. The van der Waals surface area contributed by atoms with Crippen LogP contribution >= 0.6 is 0 Å². The number of rotatable bonds is 5. The Morgan fingerprint density at radius 2 is 1.88 bits per heavy atom. The largest absolute Gasteiger partial charge is 0.484 e. The van der Waals surface area contributed by atoms with E-state index in [1.807, 2.05) is 22.9 Å². The first-order valence-corrected chi connectivity index (χ1v) is 10.5. The van der Waals surface area contributed by atoms with E-state index in [4.69, 9.17) is 9.15 Å². The van der Waals surface area contributed by atoms with E-state index in [2.05, 4.69) is 22.2 Å². The highest BCUT2D eigenvalue weighted by Gasteiger charge is 2.21. The Morgan fingerprint density at radius 1 is 1.03 bits per heavy atom. The Kier molecular flexibility index (Phi) is 5.41. The molecule has 0 radical (unpaired) electrons. The number of amides is 1. The van der Waals surface area contributed by atoms with E-state index < -0.39 is 5.63 Å². The molecule has 3 heterocycles. The van der Waals surface area contributed by atoms with E-state index in [0.717, 1.165) is 17.0 Å². The molecule has 1 aliphatic rings. The molecule has 2 aromatic carbocycles. The first-order valence-electron chi connectivity index (χ1n) is 10.5. The summed E-state index contributed by atoms with van der Waals surface area (Å²) in [6.07, 6.45) is 1.35. The Bertz CT molecular complexity index is 1290. The lowest BCUT2D eigenvalue weighted by molar-refractivity contribution is -0.133. The van der Waals surface area contributed by atoms with E-state index in [9.17, 15) is 9.59 Å². The van der Waals surface area contributed by atoms with Crippen LogP contribution in [0.25, 0.3) is 11.0 Å². The van der Waals surface area contributed by atoms with Crippen LogP contribution in [0.3, 0.4) is 0 Å². The van der Waals surface area contributed by atoms with Gasteiger partial charge in [-0.1, -0.05) is 30.3 Å². The van der Waals surface area contributed by atoms with Crippen molar-refractivity contribution in [2.24, 2.45) is 0 Å². The summed E-state index contributed by atoms with van der Waals surface area (Å²) in [5.41, 5.74) is 1.18. The molecule has 1 aliphatic heterocycles. The molecule has 0 N–H and O–H groups in total. The summed E-state index contributed by atoms with van der Waals surface area (Å²) >= 11 is 0. The van der Waals surface area contributed by atoms with E-state index in [-0.39, 0.29) is 12.5 Å². The minimum Gasteiger partial charge on any atom is -0.484 e. The van der Waals surface area contributed by atoms with E-state index in [1.165, 1.54) is 11.6 Å². The van der Waals surface area contributed by atoms with Crippen LogP contribution in [0.4, 0.5) is 0 Å². The zero-order chi connectivity index (χ0) is 21.9. The van der Waals surface area contributed by atoms with E-state index in [1.54, 1.807) is 29.2 Å². The predicted octanol–water partition coefficient (Wildman–Crippen LogP) is 2.44. The van der Waals surface area contributed by atoms with Crippen molar-refractivity contribution in [2.45, 2.75) is 19.4 Å². The monoisotopic (exact) mass is 430 g/mol. The molecule has 0 spiro atoms. The topological polar surface area (TPSA) is 90.5 Å². The number of hydrogen-bond donors (Lipinski definition) is 0. The normalized spacial score (nSPS) is 13.6. The van der Waals surface area contributed by atoms with Gasteiger partial charge in [-0.2, -0.15) is 5.10 Å². The molecule has 8 nitrogen and oxygen atoms in total. The Balaban J connectivity index is 1.18. The number of fused-ring (bicyclic) bond motifs is 2. The Labute approximate surface area is 184 Å². The number of benzene rings is 2. The summed E-state index contributed by atoms with van der Waals surface area (Å²) in [4.78, 5) is 30.6. The van der Waals surface area contributed by atoms with E-state index in [0.29, 0.717) is 43.8 Å². The highest BCUT2D eigenvalue weighted by Crippen LogP contribution is 2.19. The first kappa shape index (κ1) is 20.0. The highest BCUT2D eigenvalue weighted by atomic mass is 16.5. The van der Waals surface area contributed by atoms with Crippen molar-refractivity contribution in [1.82, 2.24) is 19.7 Å². The van der Waals surface area contributed by atoms with Gasteiger partial charge in [-0.3, -0.25) is 4.79 Å². The highest BCUT2D eigenvalue weighted by molar-refractivity contribution is 5.79. The maximum atomic E-state index is 12.7. The third-order valence-electron chi connectivity index (χ3n) is 5.49. The summed E-state index contributed by atoms with van der Waals surface area (Å²) in [5, 5.41) is 5.43. The summed E-state index contributed by atoms with van der Waals surface area (Å²) in [7, 11) is 0. The van der Waals surface area contributed by atoms with Crippen molar-refractivity contribution in [3.05, 3.63) is 88.3 Å². The van der Waals surface area contributed by atoms with Crippen LogP contribution in [0.15, 0.2) is 69.9 Å². The zero-order valence-corrected chi connectivity index (χ0v) is 17.4. The molecule has 32 heavy (non-hydrogen) atoms. The smallest absolute Gasteiger partial charge is 0.336 e. The molecule has 0 atom stereocenters. The van der Waals surface area contributed by atoms with Gasteiger partial charge < -0.3 is 14.1 Å². The maximum absolute atomic E-state index is 12.7. The fourth-order valence-electron chi connectivity index (χ4n) is 3.82. The summed E-state index contributed by atoms with van der Waals surface area (Å²) < 4.78 is 12.7. The van der Waals surface area contributed by atoms with Crippen LogP contribution in [0, 0.1) is 0 Å². The standard InChI is InChI=1S/C24H22N4O4/c29-23(16-31-19-8-6-18-7-9-24(30)32-20(18)15-19)27-11-10-22-25-21(26-28(22)13-12-27)14-17-4-2-1-3-5-17/h1-9,15H,10-14,16H2. The van der Waals surface area contributed by atoms with Crippen molar-refractivity contribution in [1.29, 1.82) is 0 Å². The van der Waals surface area contributed by atoms with Gasteiger partial charge in [0.05, 0.1) is 6.54 Å². The fourth-order valence-corrected chi connectivity index (χ4v) is 3.82. The van der Waals surface area contributed by atoms with Crippen LogP contribution in [-0.4, -0.2) is 45.3 Å². The number of aromatic nitrogens is 3. The molecular weight excluding hydrogens is 408 g/mol. The lowest BCUT2D eigenvalue weighted by Crippen LogP contribution is -2.37. The van der Waals surface area contributed by atoms with Gasteiger partial charge in [-0.15, -0.1) is 0 Å². The molecule has 0 saturated heterocycles. The molecule has 162 valence electrons. The van der Waals surface area contributed by atoms with Crippen LogP contribution in [0.5, 0.6) is 5.75 Å². The van der Waals surface area contributed by atoms with Crippen molar-refractivity contribution in [3.8, 4) is 5.75 Å². The van der Waals surface area contributed by atoms with Crippen molar-refractivity contribution in [3.63, 3.8) is 0 Å². The van der Waals surface area contributed by atoms with Crippen molar-refractivity contribution < 1.29 is 13.9 Å². The molecule has 0 aliphatic carbocycles. The van der Waals surface area contributed by atoms with Crippen LogP contribution in [-0.2, 0) is 24.2 Å². The molecule has 2 aromatic heterocycles. The van der Waals surface area contributed by atoms with Crippen LogP contribution in [0.1, 0.15) is 17.2 Å². The van der Waals surface area contributed by atoms with Crippen molar-refractivity contribution in [2.75, 3.05) is 19.7 Å². The van der Waals surface area contributed by atoms with Gasteiger partial charge in [0.2, 0.25) is 0 Å². The lowest BCUT2D eigenvalue weighted by Gasteiger charge is -2.20. The first-order chi connectivity index (χ1) is 15.6. The molecule has 5 rings (SSSR count). The van der Waals surface area contributed by atoms with Crippen molar-refractivity contribution >= 4 is 16.9 Å². The Morgan fingerprint density at radius 3 is 2.75 bits per heavy atom. The Hall–Kier alpha value is -3.94. The van der Waals surface area contributed by atoms with Gasteiger partial charge in [0.1, 0.15) is 17.2 Å². The third-order valence-corrected chi connectivity index (χ3v) is 5.49. The van der Waals surface area contributed by atoms with Crippen LogP contribution in [0.2, 0.25) is 0 Å². The minimum atomic E-state index is -0.423. The second-order valence-electron chi connectivity index (χ2n) is 7.70. The number of ether oxygens (including phenoxy) is 1. The summed E-state index contributed by atoms with van der Waals surface area (Å²) in [6, 6.07) is 18.4. The molecule has 0 fully saturated rings. The maximum Gasteiger partial charge on any atom is 0.336 e. The van der Waals surface area contributed by atoms with Gasteiger partial charge in [0.25, 0.3) is 5.91 Å². The fraction of sp³-hybridized carbons (Fsp3) is 0.250. The average Bonchev–Trinajstić information content (AvgIpc) is 3.08. The van der Waals surface area contributed by atoms with Gasteiger partial charge in [0, 0.05) is 43.5 Å². The van der Waals surface area contributed by atoms with Crippen LogP contribution < -0.4 is 10.4 Å². The van der Waals surface area contributed by atoms with E-state index >= 15 is 0 Å². The van der Waals surface area contributed by atoms with Gasteiger partial charge in [0.15, 0.2) is 12.4 Å². The third kappa shape index (κ3) is 4.39. The molecule has 0 bridgehead atoms. The van der Waals surface area contributed by atoms with Gasteiger partial charge >= 0.3 is 5.63 Å². The number of nitrogens with zero attached hydrogens (tertiary/aromatic N) is 4. The molecule has 8 heteroatoms. The average molecular weight is 430 g/mol. The number of hydrogen-bond acceptors (Lipinski definition) is 6. The second-order valence-corrected chi connectivity index (χ2v) is 7.70. The molecule has 1 amide bonds. The summed E-state index contributed by atoms with van der Waals surface area (Å²) in [5.74, 6) is 2.08. The summed E-state index contributed by atoms with van der Waals surface area (Å²) in [6.45, 7) is 1.63. The SMILES string of the molecule is O=C(COc1ccc2ccc(=O)oc2c1)N1CCc2nc(Cc3ccccc3)nn2CC1. The van der Waals surface area contributed by atoms with Gasteiger partial charge in [-0.05, 0) is 23.8 Å². The quantitative estimate of drug-likeness (QED) is 0.452. The lowest BCUT2D eigenvalue weighted by atomic mass is 10.1. The number of carbonyl (C=O) groups is 1. The predicted molar refractivity (Wildman–Crippen MR) is 118 cm³/mol. The second kappa shape index (κ2) is 8.66. The minimum absolute atomic E-state index is 0.0857. The van der Waals surface area contributed by atoms with Gasteiger partial charge in [-0.25, -0.2) is 14.5 Å². The molecular formula is C24H22N4O4. The number of carbonyl (C=O) groups excluding carboxylic acids is 1. The molecule has 0 unspecified atom stereocenters. The molecule has 4 aromatic rings. The zero-order valence-electron chi connectivity index (χ0n) is 17.4.